The third-order valence-corrected chi connectivity index (χ3v) is 5.07. The van der Waals surface area contributed by atoms with Gasteiger partial charge in [-0.3, -0.25) is 4.99 Å². The lowest BCUT2D eigenvalue weighted by Crippen LogP contribution is -2.46. The molecule has 0 aliphatic heterocycles. The SMILES string of the molecule is CN=C(NCCNS(C)(=O)=O)NC1CCC(c2ccccc2)CC1. The minimum Gasteiger partial charge on any atom is -0.355 e. The highest BCUT2D eigenvalue weighted by Gasteiger charge is 2.22. The Labute approximate surface area is 145 Å². The second kappa shape index (κ2) is 9.03. The van der Waals surface area contributed by atoms with E-state index in [1.54, 1.807) is 7.05 Å². The molecule has 1 saturated carbocycles. The van der Waals surface area contributed by atoms with Gasteiger partial charge < -0.3 is 10.6 Å². The van der Waals surface area contributed by atoms with E-state index >= 15 is 0 Å². The molecule has 0 radical (unpaired) electrons. The maximum atomic E-state index is 11.0. The second-order valence-corrected chi connectivity index (χ2v) is 8.10. The lowest BCUT2D eigenvalue weighted by molar-refractivity contribution is 0.371. The third kappa shape index (κ3) is 6.49. The van der Waals surface area contributed by atoms with E-state index in [1.807, 2.05) is 0 Å². The first kappa shape index (κ1) is 18.7. The first-order chi connectivity index (χ1) is 11.5. The molecule has 0 atom stereocenters. The van der Waals surface area contributed by atoms with Gasteiger partial charge in [-0.05, 0) is 37.2 Å². The zero-order chi connectivity index (χ0) is 17.4. The van der Waals surface area contributed by atoms with E-state index in [-0.39, 0.29) is 0 Å². The van der Waals surface area contributed by atoms with Crippen molar-refractivity contribution < 1.29 is 8.42 Å². The fourth-order valence-electron chi connectivity index (χ4n) is 3.10. The molecule has 0 saturated heterocycles. The van der Waals surface area contributed by atoms with Gasteiger partial charge in [-0.1, -0.05) is 30.3 Å². The van der Waals surface area contributed by atoms with E-state index in [0.717, 1.165) is 25.1 Å². The molecule has 0 unspecified atom stereocenters. The van der Waals surface area contributed by atoms with Gasteiger partial charge in [-0.15, -0.1) is 0 Å². The first-order valence-corrected chi connectivity index (χ1v) is 10.3. The van der Waals surface area contributed by atoms with Gasteiger partial charge in [0.15, 0.2) is 5.96 Å². The number of benzene rings is 1. The summed E-state index contributed by atoms with van der Waals surface area (Å²) >= 11 is 0. The molecule has 1 aliphatic carbocycles. The fraction of sp³-hybridized carbons (Fsp3) is 0.588. The van der Waals surface area contributed by atoms with Gasteiger partial charge in [-0.2, -0.15) is 0 Å². The lowest BCUT2D eigenvalue weighted by atomic mass is 9.82. The van der Waals surface area contributed by atoms with Crippen molar-refractivity contribution in [2.45, 2.75) is 37.6 Å². The number of aliphatic imine (C=N–C) groups is 1. The van der Waals surface area contributed by atoms with Crippen LogP contribution in [0.4, 0.5) is 0 Å². The molecule has 1 fully saturated rings. The maximum absolute atomic E-state index is 11.0. The molecule has 24 heavy (non-hydrogen) atoms. The second-order valence-electron chi connectivity index (χ2n) is 6.27. The van der Waals surface area contributed by atoms with Crippen molar-refractivity contribution in [3.8, 4) is 0 Å². The molecule has 7 heteroatoms. The quantitative estimate of drug-likeness (QED) is 0.411. The standard InChI is InChI=1S/C17H28N4O2S/c1-18-17(19-12-13-20-24(2,22)23)21-16-10-8-15(9-11-16)14-6-4-3-5-7-14/h3-7,15-16,20H,8-13H2,1-2H3,(H2,18,19,21). The number of nitrogens with one attached hydrogen (secondary N) is 3. The van der Waals surface area contributed by atoms with E-state index in [0.29, 0.717) is 25.0 Å². The molecule has 3 N–H and O–H groups in total. The zero-order valence-corrected chi connectivity index (χ0v) is 15.3. The largest absolute Gasteiger partial charge is 0.355 e. The van der Waals surface area contributed by atoms with Crippen LogP contribution in [0, 0.1) is 0 Å². The predicted molar refractivity (Wildman–Crippen MR) is 98.8 cm³/mol. The van der Waals surface area contributed by atoms with E-state index in [2.05, 4.69) is 50.7 Å². The van der Waals surface area contributed by atoms with Gasteiger partial charge in [0.2, 0.25) is 10.0 Å². The molecule has 1 aromatic rings. The van der Waals surface area contributed by atoms with Gasteiger partial charge >= 0.3 is 0 Å². The number of nitrogens with zero attached hydrogens (tertiary/aromatic N) is 1. The number of hydrogen-bond acceptors (Lipinski definition) is 3. The van der Waals surface area contributed by atoms with E-state index < -0.39 is 10.0 Å². The Hall–Kier alpha value is -1.60. The topological polar surface area (TPSA) is 82.6 Å². The number of guanidine groups is 1. The summed E-state index contributed by atoms with van der Waals surface area (Å²) in [4.78, 5) is 4.21. The summed E-state index contributed by atoms with van der Waals surface area (Å²) < 4.78 is 24.5. The number of sulfonamides is 1. The summed E-state index contributed by atoms with van der Waals surface area (Å²) in [6.07, 6.45) is 5.73. The predicted octanol–water partition coefficient (Wildman–Crippen LogP) is 1.43. The highest BCUT2D eigenvalue weighted by atomic mass is 32.2. The van der Waals surface area contributed by atoms with E-state index in [9.17, 15) is 8.42 Å². The molecular formula is C17H28N4O2S. The molecule has 1 aromatic carbocycles. The Morgan fingerprint density at radius 3 is 2.38 bits per heavy atom. The van der Waals surface area contributed by atoms with E-state index in [4.69, 9.17) is 0 Å². The summed E-state index contributed by atoms with van der Waals surface area (Å²) in [5.41, 5.74) is 1.44. The average Bonchev–Trinajstić information content (AvgIpc) is 2.58. The van der Waals surface area contributed by atoms with Gasteiger partial charge in [0, 0.05) is 26.2 Å². The van der Waals surface area contributed by atoms with Gasteiger partial charge in [0.25, 0.3) is 0 Å². The van der Waals surface area contributed by atoms with Crippen LogP contribution in [0.2, 0.25) is 0 Å². The van der Waals surface area contributed by atoms with Gasteiger partial charge in [-0.25, -0.2) is 13.1 Å². The van der Waals surface area contributed by atoms with Crippen LogP contribution >= 0.6 is 0 Å². The molecule has 134 valence electrons. The molecule has 0 amide bonds. The smallest absolute Gasteiger partial charge is 0.208 e. The van der Waals surface area contributed by atoms with Crippen molar-refractivity contribution in [1.29, 1.82) is 0 Å². The Morgan fingerprint density at radius 2 is 1.79 bits per heavy atom. The van der Waals surface area contributed by atoms with Crippen molar-refractivity contribution in [3.05, 3.63) is 35.9 Å². The first-order valence-electron chi connectivity index (χ1n) is 8.44. The highest BCUT2D eigenvalue weighted by Crippen LogP contribution is 2.32. The maximum Gasteiger partial charge on any atom is 0.208 e. The Balaban J connectivity index is 1.71. The third-order valence-electron chi connectivity index (χ3n) is 4.34. The van der Waals surface area contributed by atoms with Crippen LogP contribution in [-0.2, 0) is 10.0 Å². The molecule has 2 rings (SSSR count). The molecule has 0 heterocycles. The molecule has 0 spiro atoms. The molecular weight excluding hydrogens is 324 g/mol. The Bertz CT molecular complexity index is 623. The van der Waals surface area contributed by atoms with Gasteiger partial charge in [0.05, 0.1) is 6.26 Å². The monoisotopic (exact) mass is 352 g/mol. The average molecular weight is 353 g/mol. The van der Waals surface area contributed by atoms with Crippen molar-refractivity contribution in [2.75, 3.05) is 26.4 Å². The van der Waals surface area contributed by atoms with Crippen molar-refractivity contribution in [1.82, 2.24) is 15.4 Å². The summed E-state index contributed by atoms with van der Waals surface area (Å²) in [6.45, 7) is 0.854. The van der Waals surface area contributed by atoms with Crippen LogP contribution < -0.4 is 15.4 Å². The zero-order valence-electron chi connectivity index (χ0n) is 14.5. The summed E-state index contributed by atoms with van der Waals surface area (Å²) in [6, 6.07) is 11.1. The molecule has 0 aromatic heterocycles. The van der Waals surface area contributed by atoms with Crippen LogP contribution in [0.25, 0.3) is 0 Å². The molecule has 6 nitrogen and oxygen atoms in total. The van der Waals surface area contributed by atoms with Crippen molar-refractivity contribution in [3.63, 3.8) is 0 Å². The number of rotatable bonds is 6. The van der Waals surface area contributed by atoms with Crippen LogP contribution in [0.1, 0.15) is 37.2 Å². The Kier molecular flexibility index (Phi) is 7.05. The van der Waals surface area contributed by atoms with Gasteiger partial charge in [0.1, 0.15) is 0 Å². The highest BCUT2D eigenvalue weighted by molar-refractivity contribution is 7.88. The fourth-order valence-corrected chi connectivity index (χ4v) is 3.57. The summed E-state index contributed by atoms with van der Waals surface area (Å²) in [5.74, 6) is 1.38. The van der Waals surface area contributed by atoms with Crippen LogP contribution in [-0.4, -0.2) is 46.8 Å². The van der Waals surface area contributed by atoms with E-state index in [1.165, 1.54) is 18.4 Å². The normalized spacial score (nSPS) is 22.2. The lowest BCUT2D eigenvalue weighted by Gasteiger charge is -2.30. The van der Waals surface area contributed by atoms with Crippen LogP contribution in [0.3, 0.4) is 0 Å². The minimum absolute atomic E-state index is 0.348. The molecule has 1 aliphatic rings. The number of hydrogen-bond donors (Lipinski definition) is 3. The summed E-state index contributed by atoms with van der Waals surface area (Å²) in [7, 11) is -1.41. The van der Waals surface area contributed by atoms with Crippen LogP contribution in [0.5, 0.6) is 0 Å². The molecule has 0 bridgehead atoms. The van der Waals surface area contributed by atoms with Crippen molar-refractivity contribution >= 4 is 16.0 Å². The summed E-state index contributed by atoms with van der Waals surface area (Å²) in [5, 5.41) is 6.58. The minimum atomic E-state index is -3.14. The van der Waals surface area contributed by atoms with Crippen molar-refractivity contribution in [2.24, 2.45) is 4.99 Å². The Morgan fingerprint density at radius 1 is 1.12 bits per heavy atom. The van der Waals surface area contributed by atoms with Crippen LogP contribution in [0.15, 0.2) is 35.3 Å².